The number of benzene rings is 1. The standard InChI is InChI=1S/C19H20O6/c1-11(18(21)16-9-12(2)19(22)25-16)7-8-23-14-5-3-13-4-6-17(20)24-15(13)10-14/h3-7,10,12,16,18,21H,8-9H2,1-2H3/t12-,16+,18+/m1/s1. The Kier molecular flexibility index (Phi) is 4.90. The van der Waals surface area contributed by atoms with Gasteiger partial charge in [-0.25, -0.2) is 4.79 Å². The summed E-state index contributed by atoms with van der Waals surface area (Å²) in [6.45, 7) is 3.79. The van der Waals surface area contributed by atoms with Crippen LogP contribution in [0.2, 0.25) is 0 Å². The molecule has 0 aliphatic carbocycles. The summed E-state index contributed by atoms with van der Waals surface area (Å²) < 4.78 is 15.9. The number of fused-ring (bicyclic) bond motifs is 1. The lowest BCUT2D eigenvalue weighted by atomic mass is 9.99. The van der Waals surface area contributed by atoms with E-state index in [4.69, 9.17) is 13.9 Å². The topological polar surface area (TPSA) is 86.0 Å². The minimum atomic E-state index is -0.841. The van der Waals surface area contributed by atoms with Crippen LogP contribution in [-0.4, -0.2) is 29.9 Å². The van der Waals surface area contributed by atoms with Crippen molar-refractivity contribution in [1.82, 2.24) is 0 Å². The molecule has 0 spiro atoms. The minimum absolute atomic E-state index is 0.184. The molecular weight excluding hydrogens is 324 g/mol. The highest BCUT2D eigenvalue weighted by Crippen LogP contribution is 2.26. The zero-order valence-corrected chi connectivity index (χ0v) is 14.1. The average Bonchev–Trinajstić information content (AvgIpc) is 2.92. The second-order valence-corrected chi connectivity index (χ2v) is 6.27. The van der Waals surface area contributed by atoms with Crippen molar-refractivity contribution >= 4 is 16.9 Å². The second-order valence-electron chi connectivity index (χ2n) is 6.27. The lowest BCUT2D eigenvalue weighted by molar-refractivity contribution is -0.146. The first-order valence-corrected chi connectivity index (χ1v) is 8.16. The molecule has 0 radical (unpaired) electrons. The molecule has 1 aliphatic rings. The van der Waals surface area contributed by atoms with E-state index in [-0.39, 0.29) is 18.5 Å². The number of esters is 1. The van der Waals surface area contributed by atoms with Gasteiger partial charge in [-0.2, -0.15) is 0 Å². The van der Waals surface area contributed by atoms with E-state index in [0.29, 0.717) is 23.3 Å². The molecule has 1 aromatic heterocycles. The number of aliphatic hydroxyl groups is 1. The number of aliphatic hydroxyl groups excluding tert-OH is 1. The van der Waals surface area contributed by atoms with Gasteiger partial charge in [-0.15, -0.1) is 0 Å². The number of cyclic esters (lactones) is 1. The Labute approximate surface area is 144 Å². The number of carbonyl (C=O) groups excluding carboxylic acids is 1. The van der Waals surface area contributed by atoms with Crippen molar-refractivity contribution in [3.8, 4) is 5.75 Å². The molecule has 2 aromatic rings. The van der Waals surface area contributed by atoms with E-state index in [2.05, 4.69) is 0 Å². The molecular formula is C19H20O6. The third-order valence-electron chi connectivity index (χ3n) is 4.32. The first kappa shape index (κ1) is 17.2. The number of carbonyl (C=O) groups is 1. The smallest absolute Gasteiger partial charge is 0.336 e. The van der Waals surface area contributed by atoms with Crippen molar-refractivity contribution in [1.29, 1.82) is 0 Å². The Bertz CT molecular complexity index is 866. The maximum absolute atomic E-state index is 11.4. The second kappa shape index (κ2) is 7.11. The fraction of sp³-hybridized carbons (Fsp3) is 0.368. The quantitative estimate of drug-likeness (QED) is 0.509. The molecule has 0 saturated carbocycles. The molecule has 1 N–H and O–H groups in total. The van der Waals surface area contributed by atoms with Gasteiger partial charge in [0.2, 0.25) is 0 Å². The number of rotatable bonds is 5. The predicted molar refractivity (Wildman–Crippen MR) is 91.4 cm³/mol. The van der Waals surface area contributed by atoms with Gasteiger partial charge in [-0.1, -0.05) is 6.92 Å². The Morgan fingerprint density at radius 3 is 2.84 bits per heavy atom. The molecule has 0 unspecified atom stereocenters. The molecule has 1 saturated heterocycles. The van der Waals surface area contributed by atoms with E-state index >= 15 is 0 Å². The van der Waals surface area contributed by atoms with Crippen LogP contribution in [0.25, 0.3) is 11.0 Å². The average molecular weight is 344 g/mol. The summed E-state index contributed by atoms with van der Waals surface area (Å²) in [5.74, 6) is 0.100. The molecule has 6 heteroatoms. The first-order chi connectivity index (χ1) is 11.9. The van der Waals surface area contributed by atoms with E-state index in [9.17, 15) is 14.7 Å². The van der Waals surface area contributed by atoms with Crippen molar-refractivity contribution in [3.05, 3.63) is 52.4 Å². The van der Waals surface area contributed by atoms with Crippen molar-refractivity contribution in [2.45, 2.75) is 32.5 Å². The van der Waals surface area contributed by atoms with E-state index in [1.54, 1.807) is 44.2 Å². The lowest BCUT2D eigenvalue weighted by Crippen LogP contribution is -2.27. The maximum Gasteiger partial charge on any atom is 0.336 e. The number of hydrogen-bond acceptors (Lipinski definition) is 6. The van der Waals surface area contributed by atoms with Crippen molar-refractivity contribution in [3.63, 3.8) is 0 Å². The van der Waals surface area contributed by atoms with Crippen LogP contribution in [0.4, 0.5) is 0 Å². The van der Waals surface area contributed by atoms with Crippen LogP contribution in [0.3, 0.4) is 0 Å². The fourth-order valence-corrected chi connectivity index (χ4v) is 2.77. The SMILES string of the molecule is CC(=CCOc1ccc2ccc(=O)oc2c1)[C@H](O)[C@@H]1C[C@@H](C)C(=O)O1. The summed E-state index contributed by atoms with van der Waals surface area (Å²) in [4.78, 5) is 22.7. The van der Waals surface area contributed by atoms with E-state index in [1.165, 1.54) is 6.07 Å². The summed E-state index contributed by atoms with van der Waals surface area (Å²) >= 11 is 0. The van der Waals surface area contributed by atoms with E-state index in [1.807, 2.05) is 0 Å². The molecule has 6 nitrogen and oxygen atoms in total. The van der Waals surface area contributed by atoms with Gasteiger partial charge in [-0.3, -0.25) is 4.79 Å². The first-order valence-electron chi connectivity index (χ1n) is 8.16. The number of hydrogen-bond donors (Lipinski definition) is 1. The number of ether oxygens (including phenoxy) is 2. The van der Waals surface area contributed by atoms with Gasteiger partial charge in [0.25, 0.3) is 0 Å². The summed E-state index contributed by atoms with van der Waals surface area (Å²) in [5, 5.41) is 11.1. The van der Waals surface area contributed by atoms with Crippen molar-refractivity contribution in [2.24, 2.45) is 5.92 Å². The summed E-state index contributed by atoms with van der Waals surface area (Å²) in [7, 11) is 0. The zero-order chi connectivity index (χ0) is 18.0. The predicted octanol–water partition coefficient (Wildman–Crippen LogP) is 2.43. The van der Waals surface area contributed by atoms with Crippen LogP contribution in [0, 0.1) is 5.92 Å². The Hall–Kier alpha value is -2.60. The molecule has 2 heterocycles. The highest BCUT2D eigenvalue weighted by molar-refractivity contribution is 5.77. The molecule has 3 rings (SSSR count). The van der Waals surface area contributed by atoms with E-state index < -0.39 is 17.8 Å². The van der Waals surface area contributed by atoms with Crippen molar-refractivity contribution < 1.29 is 23.8 Å². The zero-order valence-electron chi connectivity index (χ0n) is 14.1. The Morgan fingerprint density at radius 2 is 2.12 bits per heavy atom. The van der Waals surface area contributed by atoms with Crippen LogP contribution in [-0.2, 0) is 9.53 Å². The van der Waals surface area contributed by atoms with Crippen LogP contribution in [0.5, 0.6) is 5.75 Å². The highest BCUT2D eigenvalue weighted by atomic mass is 16.6. The molecule has 1 aliphatic heterocycles. The molecule has 0 bridgehead atoms. The molecule has 1 fully saturated rings. The Balaban J connectivity index is 1.62. The third-order valence-corrected chi connectivity index (χ3v) is 4.32. The van der Waals surface area contributed by atoms with Crippen LogP contribution >= 0.6 is 0 Å². The van der Waals surface area contributed by atoms with Gasteiger partial charge < -0.3 is 19.0 Å². The van der Waals surface area contributed by atoms with Crippen LogP contribution in [0.1, 0.15) is 20.3 Å². The van der Waals surface area contributed by atoms with Gasteiger partial charge in [0.1, 0.15) is 30.1 Å². The summed E-state index contributed by atoms with van der Waals surface area (Å²) in [6.07, 6.45) is 0.906. The Morgan fingerprint density at radius 1 is 1.36 bits per heavy atom. The van der Waals surface area contributed by atoms with Gasteiger partial charge in [-0.05, 0) is 36.8 Å². The normalized spacial score (nSPS) is 22.0. The summed E-state index contributed by atoms with van der Waals surface area (Å²) in [5.41, 5.74) is 0.723. The molecule has 1 aromatic carbocycles. The lowest BCUT2D eigenvalue weighted by Gasteiger charge is -2.17. The molecule has 3 atom stereocenters. The molecule has 25 heavy (non-hydrogen) atoms. The van der Waals surface area contributed by atoms with Crippen LogP contribution < -0.4 is 10.4 Å². The van der Waals surface area contributed by atoms with Crippen LogP contribution in [0.15, 0.2) is 51.2 Å². The largest absolute Gasteiger partial charge is 0.489 e. The van der Waals surface area contributed by atoms with Gasteiger partial charge in [0.15, 0.2) is 0 Å². The third kappa shape index (κ3) is 3.91. The highest BCUT2D eigenvalue weighted by Gasteiger charge is 2.36. The molecule has 0 amide bonds. The monoisotopic (exact) mass is 344 g/mol. The van der Waals surface area contributed by atoms with E-state index in [0.717, 1.165) is 5.39 Å². The van der Waals surface area contributed by atoms with Gasteiger partial charge >= 0.3 is 11.6 Å². The maximum atomic E-state index is 11.4. The van der Waals surface area contributed by atoms with Gasteiger partial charge in [0, 0.05) is 23.9 Å². The summed E-state index contributed by atoms with van der Waals surface area (Å²) in [6, 6.07) is 8.29. The minimum Gasteiger partial charge on any atom is -0.489 e. The van der Waals surface area contributed by atoms with Crippen molar-refractivity contribution in [2.75, 3.05) is 6.61 Å². The van der Waals surface area contributed by atoms with Gasteiger partial charge in [0.05, 0.1) is 5.92 Å². The fourth-order valence-electron chi connectivity index (χ4n) is 2.77. The molecule has 132 valence electrons.